The Labute approximate surface area is 138 Å². The molecule has 6 nitrogen and oxygen atoms in total. The summed E-state index contributed by atoms with van der Waals surface area (Å²) in [7, 11) is 0. The first-order valence-electron chi connectivity index (χ1n) is 8.71. The van der Waals surface area contributed by atoms with Crippen LogP contribution in [0.3, 0.4) is 0 Å². The molecule has 0 aromatic carbocycles. The summed E-state index contributed by atoms with van der Waals surface area (Å²) in [5.41, 5.74) is 0. The second kappa shape index (κ2) is 10.2. The highest BCUT2D eigenvalue weighted by atomic mass is 16.4. The van der Waals surface area contributed by atoms with Gasteiger partial charge in [-0.25, -0.2) is 0 Å². The van der Waals surface area contributed by atoms with Crippen molar-refractivity contribution in [2.45, 2.75) is 83.7 Å². The van der Waals surface area contributed by atoms with E-state index in [2.05, 4.69) is 10.6 Å². The third kappa shape index (κ3) is 8.00. The highest BCUT2D eigenvalue weighted by Crippen LogP contribution is 2.23. The van der Waals surface area contributed by atoms with Crippen LogP contribution in [0.2, 0.25) is 0 Å². The minimum Gasteiger partial charge on any atom is -0.481 e. The van der Waals surface area contributed by atoms with Crippen LogP contribution in [0, 0.1) is 5.92 Å². The molecule has 0 aromatic rings. The summed E-state index contributed by atoms with van der Waals surface area (Å²) < 4.78 is 0. The first-order valence-corrected chi connectivity index (χ1v) is 8.71. The van der Waals surface area contributed by atoms with Gasteiger partial charge in [0.05, 0.1) is 5.92 Å². The monoisotopic (exact) mass is 326 g/mol. The van der Waals surface area contributed by atoms with Crippen LogP contribution in [-0.4, -0.2) is 35.0 Å². The van der Waals surface area contributed by atoms with E-state index >= 15 is 0 Å². The average Bonchev–Trinajstić information content (AvgIpc) is 2.40. The maximum absolute atomic E-state index is 12.0. The van der Waals surface area contributed by atoms with Crippen molar-refractivity contribution in [2.75, 3.05) is 0 Å². The van der Waals surface area contributed by atoms with Gasteiger partial charge in [0, 0.05) is 24.9 Å². The largest absolute Gasteiger partial charge is 0.481 e. The van der Waals surface area contributed by atoms with Gasteiger partial charge in [-0.2, -0.15) is 0 Å². The van der Waals surface area contributed by atoms with E-state index < -0.39 is 11.9 Å². The number of aliphatic carboxylic acids is 1. The third-order valence-corrected chi connectivity index (χ3v) is 4.19. The van der Waals surface area contributed by atoms with Crippen LogP contribution in [0.1, 0.15) is 71.6 Å². The maximum atomic E-state index is 12.0. The SMILES string of the molecule is CC(C)NC(=O)CCCC(=O)NC1CCCCCCC1C(=O)O. The lowest BCUT2D eigenvalue weighted by molar-refractivity contribution is -0.143. The van der Waals surface area contributed by atoms with Gasteiger partial charge in [-0.1, -0.05) is 25.7 Å². The van der Waals surface area contributed by atoms with Crippen LogP contribution in [0.4, 0.5) is 0 Å². The predicted octanol–water partition coefficient (Wildman–Crippen LogP) is 2.22. The number of carboxylic acid groups (broad SMARTS) is 1. The molecule has 0 aliphatic heterocycles. The molecule has 1 fully saturated rings. The number of carboxylic acids is 1. The molecular formula is C17H30N2O4. The number of hydrogen-bond acceptors (Lipinski definition) is 3. The van der Waals surface area contributed by atoms with E-state index in [-0.39, 0.29) is 30.3 Å². The molecule has 0 saturated heterocycles. The van der Waals surface area contributed by atoms with E-state index in [0.717, 1.165) is 32.1 Å². The summed E-state index contributed by atoms with van der Waals surface area (Å²) in [6.07, 6.45) is 6.41. The van der Waals surface area contributed by atoms with Crippen molar-refractivity contribution < 1.29 is 19.5 Å². The molecule has 23 heavy (non-hydrogen) atoms. The summed E-state index contributed by atoms with van der Waals surface area (Å²) in [6.45, 7) is 3.79. The molecule has 0 radical (unpaired) electrons. The van der Waals surface area contributed by atoms with Gasteiger partial charge in [-0.15, -0.1) is 0 Å². The van der Waals surface area contributed by atoms with Crippen LogP contribution in [0.5, 0.6) is 0 Å². The molecule has 1 aliphatic rings. The smallest absolute Gasteiger partial charge is 0.308 e. The molecule has 1 aliphatic carbocycles. The Bertz CT molecular complexity index is 409. The van der Waals surface area contributed by atoms with E-state index in [1.54, 1.807) is 0 Å². The first kappa shape index (κ1) is 19.5. The summed E-state index contributed by atoms with van der Waals surface area (Å²) in [4.78, 5) is 35.0. The highest BCUT2D eigenvalue weighted by Gasteiger charge is 2.29. The number of carbonyl (C=O) groups is 3. The number of rotatable bonds is 7. The molecule has 6 heteroatoms. The van der Waals surface area contributed by atoms with Gasteiger partial charge in [0.2, 0.25) is 11.8 Å². The molecule has 2 amide bonds. The molecule has 0 aromatic heterocycles. The van der Waals surface area contributed by atoms with Crippen molar-refractivity contribution in [2.24, 2.45) is 5.92 Å². The summed E-state index contributed by atoms with van der Waals surface area (Å²) in [5.74, 6) is -1.53. The molecule has 1 saturated carbocycles. The van der Waals surface area contributed by atoms with Gasteiger partial charge in [-0.3, -0.25) is 14.4 Å². The summed E-state index contributed by atoms with van der Waals surface area (Å²) >= 11 is 0. The Balaban J connectivity index is 2.40. The molecule has 1 rings (SSSR count). The number of nitrogens with one attached hydrogen (secondary N) is 2. The third-order valence-electron chi connectivity index (χ3n) is 4.19. The zero-order valence-electron chi connectivity index (χ0n) is 14.3. The summed E-state index contributed by atoms with van der Waals surface area (Å²) in [5, 5.41) is 15.0. The van der Waals surface area contributed by atoms with Crippen LogP contribution >= 0.6 is 0 Å². The van der Waals surface area contributed by atoms with Crippen molar-refractivity contribution in [3.63, 3.8) is 0 Å². The van der Waals surface area contributed by atoms with Crippen LogP contribution in [0.15, 0.2) is 0 Å². The van der Waals surface area contributed by atoms with Crippen molar-refractivity contribution in [1.29, 1.82) is 0 Å². The lowest BCUT2D eigenvalue weighted by Gasteiger charge is -2.27. The normalized spacial score (nSPS) is 22.0. The molecule has 2 unspecified atom stereocenters. The molecule has 0 bridgehead atoms. The van der Waals surface area contributed by atoms with Crippen molar-refractivity contribution in [3.05, 3.63) is 0 Å². The predicted molar refractivity (Wildman–Crippen MR) is 87.9 cm³/mol. The van der Waals surface area contributed by atoms with Crippen LogP contribution in [0.25, 0.3) is 0 Å². The Hall–Kier alpha value is -1.59. The van der Waals surface area contributed by atoms with E-state index in [1.807, 2.05) is 13.8 Å². The second-order valence-electron chi connectivity index (χ2n) is 6.69. The van der Waals surface area contributed by atoms with Crippen molar-refractivity contribution in [1.82, 2.24) is 10.6 Å². The van der Waals surface area contributed by atoms with Crippen molar-refractivity contribution in [3.8, 4) is 0 Å². The average molecular weight is 326 g/mol. The highest BCUT2D eigenvalue weighted by molar-refractivity contribution is 5.80. The fraction of sp³-hybridized carbons (Fsp3) is 0.824. The molecule has 3 N–H and O–H groups in total. The lowest BCUT2D eigenvalue weighted by Crippen LogP contribution is -2.43. The fourth-order valence-corrected chi connectivity index (χ4v) is 3.04. The molecule has 0 spiro atoms. The van der Waals surface area contributed by atoms with E-state index in [4.69, 9.17) is 0 Å². The number of hydrogen-bond donors (Lipinski definition) is 3. The standard InChI is InChI=1S/C17H30N2O4/c1-12(2)18-15(20)10-7-11-16(21)19-14-9-6-4-3-5-8-13(14)17(22)23/h12-14H,3-11H2,1-2H3,(H,18,20)(H,19,21)(H,22,23). The van der Waals surface area contributed by atoms with Gasteiger partial charge >= 0.3 is 5.97 Å². The minimum atomic E-state index is -0.825. The summed E-state index contributed by atoms with van der Waals surface area (Å²) in [6, 6.07) is -0.188. The number of carbonyl (C=O) groups excluding carboxylic acids is 2. The van der Waals surface area contributed by atoms with Gasteiger partial charge in [0.15, 0.2) is 0 Å². The first-order chi connectivity index (χ1) is 10.9. The number of amides is 2. The van der Waals surface area contributed by atoms with Gasteiger partial charge in [0.25, 0.3) is 0 Å². The Morgan fingerprint density at radius 3 is 2.22 bits per heavy atom. The molecule has 0 heterocycles. The minimum absolute atomic E-state index is 0.0535. The topological polar surface area (TPSA) is 95.5 Å². The second-order valence-corrected chi connectivity index (χ2v) is 6.69. The molecular weight excluding hydrogens is 296 g/mol. The Kier molecular flexibility index (Phi) is 8.66. The van der Waals surface area contributed by atoms with E-state index in [1.165, 1.54) is 0 Å². The van der Waals surface area contributed by atoms with E-state index in [9.17, 15) is 19.5 Å². The van der Waals surface area contributed by atoms with Gasteiger partial charge in [-0.05, 0) is 33.1 Å². The zero-order valence-corrected chi connectivity index (χ0v) is 14.3. The molecule has 132 valence electrons. The van der Waals surface area contributed by atoms with E-state index in [0.29, 0.717) is 19.3 Å². The van der Waals surface area contributed by atoms with Gasteiger partial charge < -0.3 is 15.7 Å². The quantitative estimate of drug-likeness (QED) is 0.668. The van der Waals surface area contributed by atoms with Crippen LogP contribution < -0.4 is 10.6 Å². The van der Waals surface area contributed by atoms with Crippen LogP contribution in [-0.2, 0) is 14.4 Å². The Morgan fingerprint density at radius 1 is 1.00 bits per heavy atom. The molecule has 2 atom stereocenters. The fourth-order valence-electron chi connectivity index (χ4n) is 3.04. The Morgan fingerprint density at radius 2 is 1.61 bits per heavy atom. The van der Waals surface area contributed by atoms with Gasteiger partial charge in [0.1, 0.15) is 0 Å². The maximum Gasteiger partial charge on any atom is 0.308 e. The lowest BCUT2D eigenvalue weighted by atomic mass is 9.86. The van der Waals surface area contributed by atoms with Crippen molar-refractivity contribution >= 4 is 17.8 Å². The zero-order chi connectivity index (χ0) is 17.2.